The van der Waals surface area contributed by atoms with E-state index in [1.807, 2.05) is 35.0 Å². The quantitative estimate of drug-likeness (QED) is 0.369. The third-order valence-electron chi connectivity index (χ3n) is 4.08. The van der Waals surface area contributed by atoms with Crippen molar-refractivity contribution >= 4 is 39.9 Å². The molecule has 0 saturated carbocycles. The van der Waals surface area contributed by atoms with Crippen LogP contribution in [-0.4, -0.2) is 18.9 Å². The second-order valence-corrected chi connectivity index (χ2v) is 6.38. The van der Waals surface area contributed by atoms with Crippen LogP contribution in [0.4, 0.5) is 5.69 Å². The van der Waals surface area contributed by atoms with Crippen molar-refractivity contribution in [1.82, 2.24) is 0 Å². The lowest BCUT2D eigenvalue weighted by Crippen LogP contribution is -2.21. The van der Waals surface area contributed by atoms with Gasteiger partial charge in [-0.3, -0.25) is 4.79 Å². The van der Waals surface area contributed by atoms with Crippen LogP contribution in [0.25, 0.3) is 17.0 Å². The van der Waals surface area contributed by atoms with Gasteiger partial charge in [-0.2, -0.15) is 11.3 Å². The molecule has 0 saturated heterocycles. The number of benzene rings is 1. The zero-order valence-electron chi connectivity index (χ0n) is 14.2. The van der Waals surface area contributed by atoms with E-state index in [4.69, 9.17) is 4.42 Å². The largest absolute Gasteiger partial charge is 0.422 e. The van der Waals surface area contributed by atoms with Crippen molar-refractivity contribution in [1.29, 1.82) is 0 Å². The Morgan fingerprint density at radius 3 is 2.68 bits per heavy atom. The number of anilines is 1. The maximum absolute atomic E-state index is 12.3. The number of hydrogen-bond acceptors (Lipinski definition) is 5. The van der Waals surface area contributed by atoms with Crippen molar-refractivity contribution in [2.45, 2.75) is 13.8 Å². The first-order valence-corrected chi connectivity index (χ1v) is 9.14. The van der Waals surface area contributed by atoms with Gasteiger partial charge in [0, 0.05) is 30.2 Å². The molecule has 0 unspecified atom stereocenters. The summed E-state index contributed by atoms with van der Waals surface area (Å²) in [5.41, 5.74) is 1.87. The van der Waals surface area contributed by atoms with Gasteiger partial charge in [-0.1, -0.05) is 6.08 Å². The van der Waals surface area contributed by atoms with Crippen LogP contribution in [0.3, 0.4) is 0 Å². The molecule has 0 fully saturated rings. The molecule has 0 aliphatic heterocycles. The average molecular weight is 353 g/mol. The van der Waals surface area contributed by atoms with Crippen LogP contribution in [0.2, 0.25) is 0 Å². The van der Waals surface area contributed by atoms with Gasteiger partial charge < -0.3 is 9.32 Å². The van der Waals surface area contributed by atoms with E-state index in [2.05, 4.69) is 18.7 Å². The molecular formula is C20H19NO3S. The fourth-order valence-corrected chi connectivity index (χ4v) is 3.32. The summed E-state index contributed by atoms with van der Waals surface area (Å²) in [6, 6.07) is 9.22. The predicted molar refractivity (Wildman–Crippen MR) is 104 cm³/mol. The molecule has 128 valence electrons. The highest BCUT2D eigenvalue weighted by Crippen LogP contribution is 2.22. The molecule has 3 aromatic rings. The van der Waals surface area contributed by atoms with Crippen molar-refractivity contribution in [3.05, 3.63) is 68.7 Å². The number of ketones is 1. The Bertz CT molecular complexity index is 966. The lowest BCUT2D eigenvalue weighted by molar-refractivity contribution is 0.104. The third kappa shape index (κ3) is 3.72. The lowest BCUT2D eigenvalue weighted by Gasteiger charge is -2.20. The maximum Gasteiger partial charge on any atom is 0.347 e. The number of rotatable bonds is 6. The Hall–Kier alpha value is -2.66. The predicted octanol–water partition coefficient (Wildman–Crippen LogP) is 4.60. The number of thiophene rings is 1. The summed E-state index contributed by atoms with van der Waals surface area (Å²) in [6.45, 7) is 5.89. The zero-order chi connectivity index (χ0) is 17.8. The van der Waals surface area contributed by atoms with Gasteiger partial charge in [0.2, 0.25) is 0 Å². The zero-order valence-corrected chi connectivity index (χ0v) is 15.0. The molecule has 0 aliphatic carbocycles. The molecule has 2 aromatic heterocycles. The highest BCUT2D eigenvalue weighted by atomic mass is 32.1. The molecule has 0 atom stereocenters. The third-order valence-corrected chi connectivity index (χ3v) is 4.79. The Balaban J connectivity index is 1.95. The summed E-state index contributed by atoms with van der Waals surface area (Å²) < 4.78 is 5.40. The van der Waals surface area contributed by atoms with E-state index in [1.165, 1.54) is 6.08 Å². The normalized spacial score (nSPS) is 11.3. The second-order valence-electron chi connectivity index (χ2n) is 5.60. The fraction of sp³-hybridized carbons (Fsp3) is 0.200. The van der Waals surface area contributed by atoms with Gasteiger partial charge in [-0.15, -0.1) is 0 Å². The van der Waals surface area contributed by atoms with Crippen LogP contribution in [-0.2, 0) is 0 Å². The minimum Gasteiger partial charge on any atom is -0.422 e. The number of carbonyl (C=O) groups excluding carboxylic acids is 1. The van der Waals surface area contributed by atoms with Crippen molar-refractivity contribution in [2.24, 2.45) is 0 Å². The standard InChI is InChI=1S/C20H19NO3S/c1-3-21(4-2)16-7-6-15-11-17(20(23)24-19(15)12-16)18(22)8-5-14-9-10-25-13-14/h5-13H,3-4H2,1-2H3/b8-5+. The summed E-state index contributed by atoms with van der Waals surface area (Å²) in [5.74, 6) is -0.352. The Labute approximate surface area is 150 Å². The van der Waals surface area contributed by atoms with Gasteiger partial charge >= 0.3 is 5.63 Å². The fourth-order valence-electron chi connectivity index (χ4n) is 2.69. The SMILES string of the molecule is CCN(CC)c1ccc2cc(C(=O)/C=C/c3ccsc3)c(=O)oc2c1. The van der Waals surface area contributed by atoms with Gasteiger partial charge in [0.25, 0.3) is 0 Å². The van der Waals surface area contributed by atoms with E-state index >= 15 is 0 Å². The first-order valence-electron chi connectivity index (χ1n) is 8.19. The van der Waals surface area contributed by atoms with Crippen molar-refractivity contribution < 1.29 is 9.21 Å². The maximum atomic E-state index is 12.3. The van der Waals surface area contributed by atoms with Crippen molar-refractivity contribution in [2.75, 3.05) is 18.0 Å². The van der Waals surface area contributed by atoms with Gasteiger partial charge in [0.05, 0.1) is 0 Å². The summed E-state index contributed by atoms with van der Waals surface area (Å²) in [5, 5.41) is 4.60. The molecule has 1 aromatic carbocycles. The minimum atomic E-state index is -0.607. The number of carbonyl (C=O) groups is 1. The van der Waals surface area contributed by atoms with Gasteiger partial charge in [0.15, 0.2) is 5.78 Å². The first kappa shape index (κ1) is 17.2. The first-order chi connectivity index (χ1) is 12.1. The lowest BCUT2D eigenvalue weighted by atomic mass is 10.1. The molecule has 5 heteroatoms. The van der Waals surface area contributed by atoms with Crippen LogP contribution in [0.15, 0.2) is 56.4 Å². The molecule has 0 bridgehead atoms. The number of hydrogen-bond donors (Lipinski definition) is 0. The van der Waals surface area contributed by atoms with Crippen LogP contribution >= 0.6 is 11.3 Å². The van der Waals surface area contributed by atoms with Gasteiger partial charge in [-0.25, -0.2) is 4.79 Å². The summed E-state index contributed by atoms with van der Waals surface area (Å²) in [4.78, 5) is 26.7. The molecule has 25 heavy (non-hydrogen) atoms. The summed E-state index contributed by atoms with van der Waals surface area (Å²) in [6.07, 6.45) is 3.11. The van der Waals surface area contributed by atoms with Gasteiger partial charge in [0.1, 0.15) is 11.1 Å². The average Bonchev–Trinajstić information content (AvgIpc) is 3.13. The van der Waals surface area contributed by atoms with Gasteiger partial charge in [-0.05, 0) is 60.5 Å². The number of nitrogens with zero attached hydrogens (tertiary/aromatic N) is 1. The van der Waals surface area contributed by atoms with E-state index < -0.39 is 5.63 Å². The van der Waals surface area contributed by atoms with E-state index in [1.54, 1.807) is 23.5 Å². The monoisotopic (exact) mass is 353 g/mol. The topological polar surface area (TPSA) is 50.5 Å². The summed E-state index contributed by atoms with van der Waals surface area (Å²) in [7, 11) is 0. The molecule has 3 rings (SSSR count). The van der Waals surface area contributed by atoms with Crippen LogP contribution in [0, 0.1) is 0 Å². The smallest absolute Gasteiger partial charge is 0.347 e. The molecule has 0 radical (unpaired) electrons. The molecule has 4 nitrogen and oxygen atoms in total. The molecule has 0 aliphatic rings. The minimum absolute atomic E-state index is 0.0505. The van der Waals surface area contributed by atoms with E-state index in [9.17, 15) is 9.59 Å². The number of fused-ring (bicyclic) bond motifs is 1. The Morgan fingerprint density at radius 2 is 2.00 bits per heavy atom. The molecule has 2 heterocycles. The van der Waals surface area contributed by atoms with Crippen LogP contribution < -0.4 is 10.5 Å². The highest BCUT2D eigenvalue weighted by Gasteiger charge is 2.12. The van der Waals surface area contributed by atoms with E-state index in [-0.39, 0.29) is 11.3 Å². The van der Waals surface area contributed by atoms with Crippen LogP contribution in [0.1, 0.15) is 29.8 Å². The molecule has 0 amide bonds. The van der Waals surface area contributed by atoms with E-state index in [0.29, 0.717) is 5.58 Å². The molecule has 0 N–H and O–H groups in total. The second kappa shape index (κ2) is 7.49. The van der Waals surface area contributed by atoms with Crippen LogP contribution in [0.5, 0.6) is 0 Å². The Morgan fingerprint density at radius 1 is 1.20 bits per heavy atom. The molecule has 0 spiro atoms. The summed E-state index contributed by atoms with van der Waals surface area (Å²) >= 11 is 1.55. The molecular weight excluding hydrogens is 334 g/mol. The van der Waals surface area contributed by atoms with Crippen molar-refractivity contribution in [3.63, 3.8) is 0 Å². The number of allylic oxidation sites excluding steroid dienone is 1. The highest BCUT2D eigenvalue weighted by molar-refractivity contribution is 7.08. The van der Waals surface area contributed by atoms with Crippen molar-refractivity contribution in [3.8, 4) is 0 Å². The van der Waals surface area contributed by atoms with E-state index in [0.717, 1.165) is 29.7 Å². The Kier molecular flexibility index (Phi) is 5.14.